The molecule has 0 aliphatic carbocycles. The van der Waals surface area contributed by atoms with Gasteiger partial charge in [-0.1, -0.05) is 25.5 Å². The van der Waals surface area contributed by atoms with E-state index in [9.17, 15) is 4.79 Å². The highest BCUT2D eigenvalue weighted by molar-refractivity contribution is 5.94. The van der Waals surface area contributed by atoms with Crippen LogP contribution < -0.4 is 15.4 Å². The number of hydrogen-bond donors (Lipinski definition) is 2. The number of aromatic nitrogens is 1. The van der Waals surface area contributed by atoms with E-state index in [1.54, 1.807) is 18.3 Å². The summed E-state index contributed by atoms with van der Waals surface area (Å²) in [5.74, 6) is 1.29. The average molecular weight is 313 g/mol. The summed E-state index contributed by atoms with van der Waals surface area (Å²) in [6, 6.07) is 11.1. The fraction of sp³-hybridized carbons (Fsp3) is 0.333. The molecule has 5 nitrogen and oxygen atoms in total. The second-order valence-corrected chi connectivity index (χ2v) is 5.09. The van der Waals surface area contributed by atoms with Gasteiger partial charge in [-0.05, 0) is 37.6 Å². The summed E-state index contributed by atoms with van der Waals surface area (Å²) in [6.07, 6.45) is 3.65. The van der Waals surface area contributed by atoms with Crippen LogP contribution >= 0.6 is 0 Å². The minimum Gasteiger partial charge on any atom is -0.492 e. The molecule has 0 unspecified atom stereocenters. The van der Waals surface area contributed by atoms with E-state index < -0.39 is 0 Å². The average Bonchev–Trinajstić information content (AvgIpc) is 2.57. The Kier molecular flexibility index (Phi) is 6.41. The second kappa shape index (κ2) is 8.78. The molecule has 0 atom stereocenters. The summed E-state index contributed by atoms with van der Waals surface area (Å²) in [5.41, 5.74) is 1.41. The van der Waals surface area contributed by atoms with Crippen molar-refractivity contribution in [1.82, 2.24) is 10.3 Å². The van der Waals surface area contributed by atoms with Crippen molar-refractivity contribution in [2.75, 3.05) is 18.5 Å². The van der Waals surface area contributed by atoms with Gasteiger partial charge in [0.2, 0.25) is 0 Å². The Hall–Kier alpha value is -2.56. The summed E-state index contributed by atoms with van der Waals surface area (Å²) in [5, 5.41) is 6.11. The molecule has 1 amide bonds. The number of carbonyl (C=O) groups is 1. The Labute approximate surface area is 137 Å². The highest BCUT2D eigenvalue weighted by Crippen LogP contribution is 2.26. The number of rotatable bonds is 8. The van der Waals surface area contributed by atoms with Gasteiger partial charge in [0, 0.05) is 18.3 Å². The smallest absolute Gasteiger partial charge is 0.251 e. The second-order valence-electron chi connectivity index (χ2n) is 5.09. The number of amides is 1. The van der Waals surface area contributed by atoms with Crippen LogP contribution in [0.4, 0.5) is 11.5 Å². The molecular weight excluding hydrogens is 290 g/mol. The van der Waals surface area contributed by atoms with Crippen LogP contribution in [-0.4, -0.2) is 24.0 Å². The van der Waals surface area contributed by atoms with Crippen molar-refractivity contribution in [3.8, 4) is 5.75 Å². The minimum absolute atomic E-state index is 0.0815. The van der Waals surface area contributed by atoms with E-state index in [1.165, 1.54) is 0 Å². The number of unbranched alkanes of at least 4 members (excludes halogenated alkanes) is 1. The van der Waals surface area contributed by atoms with E-state index in [4.69, 9.17) is 4.74 Å². The van der Waals surface area contributed by atoms with Crippen LogP contribution in [0.15, 0.2) is 42.6 Å². The van der Waals surface area contributed by atoms with Gasteiger partial charge in [0.25, 0.3) is 5.91 Å². The number of benzene rings is 1. The number of hydrogen-bond acceptors (Lipinski definition) is 4. The SMILES string of the molecule is CCCCNC(=O)c1ccnc(Nc2ccccc2OCC)c1. The van der Waals surface area contributed by atoms with Crippen molar-refractivity contribution in [3.05, 3.63) is 48.2 Å². The summed E-state index contributed by atoms with van der Waals surface area (Å²) in [6.45, 7) is 5.31. The molecule has 0 spiro atoms. The fourth-order valence-electron chi connectivity index (χ4n) is 2.11. The predicted molar refractivity (Wildman–Crippen MR) is 92.4 cm³/mol. The lowest BCUT2D eigenvalue weighted by Crippen LogP contribution is -2.24. The van der Waals surface area contributed by atoms with Crippen molar-refractivity contribution in [3.63, 3.8) is 0 Å². The van der Waals surface area contributed by atoms with Gasteiger partial charge in [-0.15, -0.1) is 0 Å². The molecule has 0 saturated carbocycles. The Balaban J connectivity index is 2.09. The maximum Gasteiger partial charge on any atom is 0.251 e. The first-order chi connectivity index (χ1) is 11.2. The van der Waals surface area contributed by atoms with Gasteiger partial charge in [-0.25, -0.2) is 4.98 Å². The zero-order chi connectivity index (χ0) is 16.5. The van der Waals surface area contributed by atoms with Gasteiger partial charge in [0.1, 0.15) is 11.6 Å². The van der Waals surface area contributed by atoms with Crippen molar-refractivity contribution in [1.29, 1.82) is 0 Å². The number of nitrogens with zero attached hydrogens (tertiary/aromatic N) is 1. The molecule has 2 rings (SSSR count). The van der Waals surface area contributed by atoms with E-state index in [0.29, 0.717) is 24.5 Å². The number of ether oxygens (including phenoxy) is 1. The number of para-hydroxylation sites is 2. The highest BCUT2D eigenvalue weighted by Gasteiger charge is 2.08. The highest BCUT2D eigenvalue weighted by atomic mass is 16.5. The minimum atomic E-state index is -0.0815. The molecule has 2 N–H and O–H groups in total. The third kappa shape index (κ3) is 4.98. The first-order valence-corrected chi connectivity index (χ1v) is 7.97. The molecule has 0 bridgehead atoms. The molecule has 0 radical (unpaired) electrons. The lowest BCUT2D eigenvalue weighted by atomic mass is 10.2. The number of pyridine rings is 1. The van der Waals surface area contributed by atoms with E-state index in [2.05, 4.69) is 22.5 Å². The zero-order valence-corrected chi connectivity index (χ0v) is 13.6. The molecule has 0 aliphatic rings. The van der Waals surface area contributed by atoms with Gasteiger partial charge >= 0.3 is 0 Å². The first kappa shape index (κ1) is 16.8. The van der Waals surface area contributed by atoms with E-state index in [0.717, 1.165) is 24.3 Å². The van der Waals surface area contributed by atoms with E-state index in [1.807, 2.05) is 31.2 Å². The molecule has 0 fully saturated rings. The summed E-state index contributed by atoms with van der Waals surface area (Å²) in [7, 11) is 0. The van der Waals surface area contributed by atoms with Gasteiger partial charge in [0.05, 0.1) is 12.3 Å². The Bertz CT molecular complexity index is 644. The van der Waals surface area contributed by atoms with Crippen LogP contribution in [0, 0.1) is 0 Å². The van der Waals surface area contributed by atoms with Crippen molar-refractivity contribution >= 4 is 17.4 Å². The lowest BCUT2D eigenvalue weighted by molar-refractivity contribution is 0.0953. The quantitative estimate of drug-likeness (QED) is 0.729. The van der Waals surface area contributed by atoms with Crippen LogP contribution in [0.25, 0.3) is 0 Å². The largest absolute Gasteiger partial charge is 0.492 e. The summed E-state index contributed by atoms with van der Waals surface area (Å²) < 4.78 is 5.58. The topological polar surface area (TPSA) is 63.2 Å². The number of carbonyl (C=O) groups excluding carboxylic acids is 1. The van der Waals surface area contributed by atoms with Gasteiger partial charge in [-0.2, -0.15) is 0 Å². The van der Waals surface area contributed by atoms with Gasteiger partial charge in [-0.3, -0.25) is 4.79 Å². The molecule has 1 heterocycles. The first-order valence-electron chi connectivity index (χ1n) is 7.97. The maximum absolute atomic E-state index is 12.1. The molecule has 1 aromatic heterocycles. The van der Waals surface area contributed by atoms with E-state index in [-0.39, 0.29) is 5.91 Å². The predicted octanol–water partition coefficient (Wildman–Crippen LogP) is 3.75. The molecular formula is C18H23N3O2. The molecule has 0 aliphatic heterocycles. The fourth-order valence-corrected chi connectivity index (χ4v) is 2.11. The molecule has 122 valence electrons. The Morgan fingerprint density at radius 2 is 2.04 bits per heavy atom. The number of nitrogens with one attached hydrogen (secondary N) is 2. The Morgan fingerprint density at radius 1 is 1.22 bits per heavy atom. The summed E-state index contributed by atoms with van der Waals surface area (Å²) in [4.78, 5) is 16.4. The third-order valence-electron chi connectivity index (χ3n) is 3.29. The van der Waals surface area contributed by atoms with Gasteiger partial charge in [0.15, 0.2) is 0 Å². The molecule has 0 saturated heterocycles. The molecule has 5 heteroatoms. The van der Waals surface area contributed by atoms with Crippen LogP contribution in [0.3, 0.4) is 0 Å². The Morgan fingerprint density at radius 3 is 2.83 bits per heavy atom. The van der Waals surface area contributed by atoms with Crippen LogP contribution in [-0.2, 0) is 0 Å². The molecule has 23 heavy (non-hydrogen) atoms. The molecule has 2 aromatic rings. The normalized spacial score (nSPS) is 10.2. The van der Waals surface area contributed by atoms with Gasteiger partial charge < -0.3 is 15.4 Å². The maximum atomic E-state index is 12.1. The van der Waals surface area contributed by atoms with Crippen molar-refractivity contribution in [2.24, 2.45) is 0 Å². The monoisotopic (exact) mass is 313 g/mol. The lowest BCUT2D eigenvalue weighted by Gasteiger charge is -2.12. The van der Waals surface area contributed by atoms with Crippen LogP contribution in [0.1, 0.15) is 37.0 Å². The molecule has 1 aromatic carbocycles. The number of anilines is 2. The van der Waals surface area contributed by atoms with Crippen molar-refractivity contribution in [2.45, 2.75) is 26.7 Å². The third-order valence-corrected chi connectivity index (χ3v) is 3.29. The standard InChI is InChI=1S/C18H23N3O2/c1-3-5-11-20-18(22)14-10-12-19-17(13-14)21-15-8-6-7-9-16(15)23-4-2/h6-10,12-13H,3-5,11H2,1-2H3,(H,19,21)(H,20,22). The van der Waals surface area contributed by atoms with Crippen LogP contribution in [0.2, 0.25) is 0 Å². The van der Waals surface area contributed by atoms with E-state index >= 15 is 0 Å². The van der Waals surface area contributed by atoms with Crippen LogP contribution in [0.5, 0.6) is 5.75 Å². The summed E-state index contributed by atoms with van der Waals surface area (Å²) >= 11 is 0. The van der Waals surface area contributed by atoms with Crippen molar-refractivity contribution < 1.29 is 9.53 Å². The zero-order valence-electron chi connectivity index (χ0n) is 13.6.